The third-order valence-electron chi connectivity index (χ3n) is 3.48. The molecule has 4 unspecified atom stereocenters. The minimum Gasteiger partial charge on any atom is -0.410 e. The van der Waals surface area contributed by atoms with Crippen molar-refractivity contribution in [1.29, 1.82) is 0 Å². The fourth-order valence-electron chi connectivity index (χ4n) is 2.64. The molecule has 2 rings (SSSR count). The van der Waals surface area contributed by atoms with Crippen LogP contribution in [0.2, 0.25) is 26.2 Å². The minimum atomic E-state index is -2.56. The Balaban J connectivity index is 2.50. The molecule has 0 saturated carbocycles. The maximum atomic E-state index is 6.46. The Labute approximate surface area is 131 Å². The van der Waals surface area contributed by atoms with Gasteiger partial charge in [-0.3, -0.25) is 0 Å². The maximum Gasteiger partial charge on any atom is 0.344 e. The van der Waals surface area contributed by atoms with E-state index in [1.165, 1.54) is 0 Å². The van der Waals surface area contributed by atoms with Crippen molar-refractivity contribution < 1.29 is 16.5 Å². The summed E-state index contributed by atoms with van der Waals surface area (Å²) >= 11 is 0. The summed E-state index contributed by atoms with van der Waals surface area (Å²) < 4.78 is 25.6. The summed E-state index contributed by atoms with van der Waals surface area (Å²) in [7, 11) is -10.1. The van der Waals surface area contributed by atoms with Crippen LogP contribution in [0.3, 0.4) is 0 Å². The highest BCUT2D eigenvalue weighted by molar-refractivity contribution is 6.98. The number of hydrogen-bond acceptors (Lipinski definition) is 4. The molecule has 0 aromatic carbocycles. The van der Waals surface area contributed by atoms with E-state index in [2.05, 4.69) is 36.7 Å². The van der Waals surface area contributed by atoms with Gasteiger partial charge in [-0.15, -0.1) is 13.2 Å². The lowest BCUT2D eigenvalue weighted by atomic mass is 10.4. The quantitative estimate of drug-likeness (QED) is 0.711. The highest BCUT2D eigenvalue weighted by atomic mass is 28.5. The van der Waals surface area contributed by atoms with Gasteiger partial charge in [0.2, 0.25) is 0 Å². The van der Waals surface area contributed by atoms with Crippen LogP contribution >= 0.6 is 0 Å². The minimum absolute atomic E-state index is 0.876. The van der Waals surface area contributed by atoms with Gasteiger partial charge in [-0.25, -0.2) is 0 Å². The SMILES string of the molecule is C=C[Si]1(C)O[Si](C)(C=C)O[Si]2(C)C=CCC=C[Si](C)(O1)O2. The van der Waals surface area contributed by atoms with Gasteiger partial charge < -0.3 is 16.5 Å². The molecule has 2 aliphatic heterocycles. The zero-order chi connectivity index (χ0) is 15.8. The molecule has 2 aliphatic rings. The van der Waals surface area contributed by atoms with Crippen LogP contribution in [-0.4, -0.2) is 34.2 Å². The van der Waals surface area contributed by atoms with Crippen molar-refractivity contribution in [3.05, 3.63) is 48.1 Å². The number of hydrogen-bond donors (Lipinski definition) is 0. The van der Waals surface area contributed by atoms with Crippen molar-refractivity contribution in [1.82, 2.24) is 0 Å². The van der Waals surface area contributed by atoms with Crippen LogP contribution in [0.25, 0.3) is 0 Å². The Morgan fingerprint density at radius 1 is 0.762 bits per heavy atom. The van der Waals surface area contributed by atoms with E-state index in [0.29, 0.717) is 0 Å². The molecule has 4 nitrogen and oxygen atoms in total. The Bertz CT molecular complexity index is 460. The average molecular weight is 357 g/mol. The second-order valence-corrected chi connectivity index (χ2v) is 18.8. The molecule has 0 N–H and O–H groups in total. The van der Waals surface area contributed by atoms with Crippen molar-refractivity contribution in [2.75, 3.05) is 0 Å². The molecule has 0 spiro atoms. The Kier molecular flexibility index (Phi) is 4.62. The van der Waals surface area contributed by atoms with Gasteiger partial charge in [0.1, 0.15) is 0 Å². The van der Waals surface area contributed by atoms with Gasteiger partial charge in [0.25, 0.3) is 0 Å². The van der Waals surface area contributed by atoms with Gasteiger partial charge in [0, 0.05) is 0 Å². The van der Waals surface area contributed by atoms with Crippen molar-refractivity contribution in [2.45, 2.75) is 32.6 Å². The predicted octanol–water partition coefficient (Wildman–Crippen LogP) is 3.40. The summed E-state index contributed by atoms with van der Waals surface area (Å²) in [5.41, 5.74) is 7.78. The fraction of sp³-hybridized carbons (Fsp3) is 0.385. The standard InChI is InChI=1S/C13H24O4Si4/c1-7-18(3)14-19(4,8-2)16-21(6)13-11-9-10-12-20(5,15-18)17-21/h7-8,10-13H,1-2,9H2,3-6H3. The monoisotopic (exact) mass is 356 g/mol. The second-order valence-electron chi connectivity index (χ2n) is 5.92. The lowest BCUT2D eigenvalue weighted by molar-refractivity contribution is 0.250. The molecular formula is C13H24O4Si4. The first-order chi connectivity index (χ1) is 9.66. The average Bonchev–Trinajstić information content (AvgIpc) is 2.34. The molecule has 4 atom stereocenters. The summed E-state index contributed by atoms with van der Waals surface area (Å²) in [6.45, 7) is 15.9. The lowest BCUT2D eigenvalue weighted by Gasteiger charge is -2.47. The van der Waals surface area contributed by atoms with Crippen molar-refractivity contribution in [3.63, 3.8) is 0 Å². The van der Waals surface area contributed by atoms with Gasteiger partial charge in [0.05, 0.1) is 0 Å². The highest BCUT2D eigenvalue weighted by Crippen LogP contribution is 2.33. The largest absolute Gasteiger partial charge is 0.410 e. The van der Waals surface area contributed by atoms with E-state index >= 15 is 0 Å². The van der Waals surface area contributed by atoms with Crippen molar-refractivity contribution >= 4 is 34.2 Å². The molecule has 8 heteroatoms. The summed E-state index contributed by atoms with van der Waals surface area (Å²) in [4.78, 5) is 0. The maximum absolute atomic E-state index is 6.46. The van der Waals surface area contributed by atoms with Crippen molar-refractivity contribution in [3.8, 4) is 0 Å². The van der Waals surface area contributed by atoms with Crippen LogP contribution in [0.15, 0.2) is 48.1 Å². The van der Waals surface area contributed by atoms with Crippen LogP contribution in [-0.2, 0) is 16.5 Å². The molecular weight excluding hydrogens is 332 g/mol. The van der Waals surface area contributed by atoms with Crippen LogP contribution in [0.1, 0.15) is 6.42 Å². The first-order valence-corrected chi connectivity index (χ1v) is 16.7. The third-order valence-corrected chi connectivity index (χ3v) is 19.6. The van der Waals surface area contributed by atoms with E-state index in [1.54, 1.807) is 11.4 Å². The van der Waals surface area contributed by atoms with Crippen LogP contribution in [0.5, 0.6) is 0 Å². The van der Waals surface area contributed by atoms with E-state index < -0.39 is 34.2 Å². The number of allylic oxidation sites excluding steroid dienone is 2. The Hall–Kier alpha value is -0.332. The van der Waals surface area contributed by atoms with E-state index in [9.17, 15) is 0 Å². The summed E-state index contributed by atoms with van der Waals surface area (Å²) in [5.74, 6) is 0. The van der Waals surface area contributed by atoms with E-state index in [4.69, 9.17) is 16.5 Å². The fourth-order valence-corrected chi connectivity index (χ4v) is 21.2. The third kappa shape index (κ3) is 3.90. The van der Waals surface area contributed by atoms with Gasteiger partial charge in [0.15, 0.2) is 0 Å². The van der Waals surface area contributed by atoms with Crippen molar-refractivity contribution in [2.24, 2.45) is 0 Å². The predicted molar refractivity (Wildman–Crippen MR) is 94.1 cm³/mol. The topological polar surface area (TPSA) is 36.9 Å². The molecule has 0 aromatic heterocycles. The highest BCUT2D eigenvalue weighted by Gasteiger charge is 2.54. The first-order valence-electron chi connectivity index (χ1n) is 7.09. The summed E-state index contributed by atoms with van der Waals surface area (Å²) in [5, 5.41) is 0. The van der Waals surface area contributed by atoms with Gasteiger partial charge in [-0.2, -0.15) is 0 Å². The molecule has 1 saturated heterocycles. The zero-order valence-electron chi connectivity index (χ0n) is 13.2. The van der Waals surface area contributed by atoms with E-state index in [-0.39, 0.29) is 0 Å². The molecule has 0 radical (unpaired) electrons. The van der Waals surface area contributed by atoms with E-state index in [1.807, 2.05) is 26.2 Å². The zero-order valence-corrected chi connectivity index (χ0v) is 17.2. The first kappa shape index (κ1) is 17.0. The number of fused-ring (bicyclic) bond motifs is 2. The summed E-state index contributed by atoms with van der Waals surface area (Å²) in [6.07, 6.45) is 5.07. The Morgan fingerprint density at radius 3 is 1.57 bits per heavy atom. The molecule has 116 valence electrons. The summed E-state index contributed by atoms with van der Waals surface area (Å²) in [6, 6.07) is 0. The molecule has 0 amide bonds. The lowest BCUT2D eigenvalue weighted by Crippen LogP contribution is -2.66. The Morgan fingerprint density at radius 2 is 1.19 bits per heavy atom. The van der Waals surface area contributed by atoms with Gasteiger partial charge in [-0.05, 0) is 44.0 Å². The van der Waals surface area contributed by atoms with Gasteiger partial charge >= 0.3 is 34.2 Å². The molecule has 21 heavy (non-hydrogen) atoms. The number of rotatable bonds is 2. The second kappa shape index (κ2) is 5.70. The van der Waals surface area contributed by atoms with E-state index in [0.717, 1.165) is 6.42 Å². The molecule has 0 aromatic rings. The van der Waals surface area contributed by atoms with Gasteiger partial charge in [-0.1, -0.05) is 23.6 Å². The molecule has 2 heterocycles. The van der Waals surface area contributed by atoms with Crippen LogP contribution < -0.4 is 0 Å². The van der Waals surface area contributed by atoms with Crippen LogP contribution in [0.4, 0.5) is 0 Å². The molecule has 0 aliphatic carbocycles. The normalized spacial score (nSPS) is 46.9. The smallest absolute Gasteiger partial charge is 0.344 e. The molecule has 2 bridgehead atoms. The van der Waals surface area contributed by atoms with Crippen LogP contribution in [0, 0.1) is 0 Å². The molecule has 1 fully saturated rings.